The van der Waals surface area contributed by atoms with Crippen LogP contribution in [0.2, 0.25) is 0 Å². The Balaban J connectivity index is 2.14. The first-order chi connectivity index (χ1) is 12.1. The maximum atomic E-state index is 13.9. The van der Waals surface area contributed by atoms with Gasteiger partial charge < -0.3 is 20.3 Å². The van der Waals surface area contributed by atoms with Crippen molar-refractivity contribution < 1.29 is 18.8 Å². The van der Waals surface area contributed by atoms with Crippen LogP contribution in [0, 0.1) is 5.82 Å². The molecule has 0 saturated carbocycles. The van der Waals surface area contributed by atoms with E-state index in [2.05, 4.69) is 20.8 Å². The number of anilines is 2. The number of benzene rings is 2. The fourth-order valence-electron chi connectivity index (χ4n) is 2.56. The molecule has 0 spiro atoms. The Morgan fingerprint density at radius 1 is 1.12 bits per heavy atom. The normalized spacial score (nSPS) is 10.5. The van der Waals surface area contributed by atoms with Crippen molar-refractivity contribution >= 4 is 17.3 Å². The summed E-state index contributed by atoms with van der Waals surface area (Å²) in [5.41, 5.74) is 1.45. The van der Waals surface area contributed by atoms with E-state index in [0.717, 1.165) is 0 Å². The zero-order valence-electron chi connectivity index (χ0n) is 13.5. The molecule has 2 aromatic carbocycles. The van der Waals surface area contributed by atoms with Gasteiger partial charge in [-0.05, 0) is 24.3 Å². The fourth-order valence-corrected chi connectivity index (χ4v) is 2.56. The minimum atomic E-state index is -1.10. The van der Waals surface area contributed by atoms with Crippen LogP contribution in [0.4, 0.5) is 15.8 Å². The molecule has 1 aromatic heterocycles. The predicted molar refractivity (Wildman–Crippen MR) is 91.2 cm³/mol. The van der Waals surface area contributed by atoms with Crippen molar-refractivity contribution in [1.29, 1.82) is 0 Å². The van der Waals surface area contributed by atoms with E-state index in [1.54, 1.807) is 38.4 Å². The Kier molecular flexibility index (Phi) is 4.34. The molecule has 3 aromatic rings. The fraction of sp³-hybridized carbons (Fsp3) is 0.118. The quantitative estimate of drug-likeness (QED) is 0.654. The molecule has 0 aliphatic rings. The van der Waals surface area contributed by atoms with Crippen molar-refractivity contribution in [3.8, 4) is 22.8 Å². The lowest BCUT2D eigenvalue weighted by Crippen LogP contribution is -2.08. The van der Waals surface area contributed by atoms with E-state index in [1.165, 1.54) is 12.1 Å². The molecule has 7 nitrogen and oxygen atoms in total. The number of nitrogens with one attached hydrogen (secondary N) is 2. The maximum absolute atomic E-state index is 13.9. The Labute approximate surface area is 142 Å². The van der Waals surface area contributed by atoms with Gasteiger partial charge in [-0.3, -0.25) is 0 Å². The topological polar surface area (TPSA) is 100 Å². The third kappa shape index (κ3) is 2.89. The molecule has 0 fully saturated rings. The van der Waals surface area contributed by atoms with E-state index in [4.69, 9.17) is 4.52 Å². The number of aromatic nitrogens is 2. The van der Waals surface area contributed by atoms with Crippen LogP contribution in [0.15, 0.2) is 40.9 Å². The Morgan fingerprint density at radius 2 is 1.88 bits per heavy atom. The molecule has 0 saturated heterocycles. The van der Waals surface area contributed by atoms with E-state index in [1.807, 2.05) is 0 Å². The Morgan fingerprint density at radius 3 is 2.52 bits per heavy atom. The van der Waals surface area contributed by atoms with E-state index in [0.29, 0.717) is 16.9 Å². The highest BCUT2D eigenvalue weighted by Gasteiger charge is 2.22. The number of carboxylic acids is 1. The van der Waals surface area contributed by atoms with Gasteiger partial charge in [-0.25, -0.2) is 9.18 Å². The molecule has 8 heteroatoms. The first-order valence-corrected chi connectivity index (χ1v) is 7.41. The molecule has 3 N–H and O–H groups in total. The molecule has 0 amide bonds. The van der Waals surface area contributed by atoms with E-state index >= 15 is 0 Å². The van der Waals surface area contributed by atoms with Crippen LogP contribution in [0.1, 0.15) is 10.4 Å². The zero-order valence-corrected chi connectivity index (χ0v) is 13.5. The molecule has 3 rings (SSSR count). The lowest BCUT2D eigenvalue weighted by molar-refractivity contribution is 0.0699. The monoisotopic (exact) mass is 342 g/mol. The number of carbonyl (C=O) groups is 1. The average molecular weight is 342 g/mol. The minimum absolute atomic E-state index is 0.0183. The number of halogens is 1. The molecule has 128 valence electrons. The van der Waals surface area contributed by atoms with Crippen LogP contribution in [0.25, 0.3) is 22.8 Å². The summed E-state index contributed by atoms with van der Waals surface area (Å²) < 4.78 is 19.0. The predicted octanol–water partition coefficient (Wildman–Crippen LogP) is 3.32. The summed E-state index contributed by atoms with van der Waals surface area (Å²) in [4.78, 5) is 15.8. The SMILES string of the molecule is CNc1ccc(-c2noc(-c3ccccc3F)n2)c(NC)c1C(=O)O. The molecular formula is C17H15FN4O3. The summed E-state index contributed by atoms with van der Waals surface area (Å²) in [6, 6.07) is 9.32. The number of carboxylic acid groups (broad SMARTS) is 1. The summed E-state index contributed by atoms with van der Waals surface area (Å²) in [6.07, 6.45) is 0. The van der Waals surface area contributed by atoms with Gasteiger partial charge in [0.25, 0.3) is 5.89 Å². The second kappa shape index (κ2) is 6.60. The summed E-state index contributed by atoms with van der Waals surface area (Å²) >= 11 is 0. The number of hydrogen-bond acceptors (Lipinski definition) is 6. The van der Waals surface area contributed by atoms with Crippen LogP contribution in [0.5, 0.6) is 0 Å². The molecule has 0 unspecified atom stereocenters. The van der Waals surface area contributed by atoms with Crippen molar-refractivity contribution in [3.05, 3.63) is 47.8 Å². The van der Waals surface area contributed by atoms with Gasteiger partial charge in [0, 0.05) is 19.7 Å². The van der Waals surface area contributed by atoms with Gasteiger partial charge in [0.15, 0.2) is 0 Å². The third-order valence-corrected chi connectivity index (χ3v) is 3.71. The van der Waals surface area contributed by atoms with Gasteiger partial charge >= 0.3 is 5.97 Å². The lowest BCUT2D eigenvalue weighted by Gasteiger charge is -2.13. The van der Waals surface area contributed by atoms with Crippen molar-refractivity contribution in [2.75, 3.05) is 24.7 Å². The van der Waals surface area contributed by atoms with E-state index in [-0.39, 0.29) is 22.8 Å². The molecule has 0 aliphatic carbocycles. The van der Waals surface area contributed by atoms with Gasteiger partial charge in [-0.1, -0.05) is 17.3 Å². The number of rotatable bonds is 5. The highest BCUT2D eigenvalue weighted by Crippen LogP contribution is 2.35. The van der Waals surface area contributed by atoms with Gasteiger partial charge in [-0.15, -0.1) is 0 Å². The minimum Gasteiger partial charge on any atom is -0.478 e. The first kappa shape index (κ1) is 16.4. The van der Waals surface area contributed by atoms with Crippen LogP contribution in [-0.4, -0.2) is 35.3 Å². The maximum Gasteiger partial charge on any atom is 0.339 e. The summed E-state index contributed by atoms with van der Waals surface area (Å²) in [5.74, 6) is -1.41. The number of hydrogen-bond donors (Lipinski definition) is 3. The van der Waals surface area contributed by atoms with Gasteiger partial charge in [0.2, 0.25) is 5.82 Å². The van der Waals surface area contributed by atoms with Gasteiger partial charge in [-0.2, -0.15) is 4.98 Å². The second-order valence-corrected chi connectivity index (χ2v) is 5.12. The van der Waals surface area contributed by atoms with Crippen LogP contribution >= 0.6 is 0 Å². The molecule has 0 radical (unpaired) electrons. The molecular weight excluding hydrogens is 327 g/mol. The highest BCUT2D eigenvalue weighted by atomic mass is 19.1. The molecule has 25 heavy (non-hydrogen) atoms. The number of nitrogens with zero attached hydrogens (tertiary/aromatic N) is 2. The van der Waals surface area contributed by atoms with E-state index in [9.17, 15) is 14.3 Å². The molecule has 0 bridgehead atoms. The van der Waals surface area contributed by atoms with Crippen molar-refractivity contribution in [2.45, 2.75) is 0 Å². The Hall–Kier alpha value is -3.42. The van der Waals surface area contributed by atoms with Gasteiger partial charge in [0.1, 0.15) is 11.4 Å². The van der Waals surface area contributed by atoms with Crippen LogP contribution in [-0.2, 0) is 0 Å². The molecule has 0 atom stereocenters. The molecule has 1 heterocycles. The van der Waals surface area contributed by atoms with Crippen molar-refractivity contribution in [2.24, 2.45) is 0 Å². The largest absolute Gasteiger partial charge is 0.478 e. The average Bonchev–Trinajstić information content (AvgIpc) is 3.10. The first-order valence-electron chi connectivity index (χ1n) is 7.41. The smallest absolute Gasteiger partial charge is 0.339 e. The zero-order chi connectivity index (χ0) is 18.0. The Bertz CT molecular complexity index is 939. The van der Waals surface area contributed by atoms with Crippen LogP contribution in [0.3, 0.4) is 0 Å². The lowest BCUT2D eigenvalue weighted by atomic mass is 10.0. The van der Waals surface area contributed by atoms with E-state index < -0.39 is 11.8 Å². The summed E-state index contributed by atoms with van der Waals surface area (Å²) in [6.45, 7) is 0. The summed E-state index contributed by atoms with van der Waals surface area (Å²) in [5, 5.41) is 19.1. The second-order valence-electron chi connectivity index (χ2n) is 5.12. The third-order valence-electron chi connectivity index (χ3n) is 3.71. The highest BCUT2D eigenvalue weighted by molar-refractivity contribution is 6.04. The van der Waals surface area contributed by atoms with Crippen LogP contribution < -0.4 is 10.6 Å². The standard InChI is InChI=1S/C17H15FN4O3/c1-19-12-8-7-10(14(20-2)13(12)17(23)24)15-21-16(25-22-15)9-5-3-4-6-11(9)18/h3-8,19-20H,1-2H3,(H,23,24). The van der Waals surface area contributed by atoms with Crippen molar-refractivity contribution in [3.63, 3.8) is 0 Å². The van der Waals surface area contributed by atoms with Crippen molar-refractivity contribution in [1.82, 2.24) is 10.1 Å². The number of aromatic carboxylic acids is 1. The molecule has 0 aliphatic heterocycles. The summed E-state index contributed by atoms with van der Waals surface area (Å²) in [7, 11) is 3.23. The van der Waals surface area contributed by atoms with Gasteiger partial charge in [0.05, 0.1) is 16.9 Å².